The number of ether oxygens (including phenoxy) is 1. The predicted molar refractivity (Wildman–Crippen MR) is 104 cm³/mol. The normalized spacial score (nSPS) is 23.2. The number of likely N-dealkylation sites (tertiary alicyclic amines) is 1. The van der Waals surface area contributed by atoms with Crippen LogP contribution in [0.15, 0.2) is 30.6 Å². The molecule has 28 heavy (non-hydrogen) atoms. The molecule has 6 nitrogen and oxygen atoms in total. The van der Waals surface area contributed by atoms with E-state index in [1.54, 1.807) is 6.07 Å². The molecule has 2 aliphatic rings. The number of amides is 2. The topological polar surface area (TPSA) is 59.4 Å². The summed E-state index contributed by atoms with van der Waals surface area (Å²) in [4.78, 5) is 14.8. The number of hydrogen-bond acceptors (Lipinski definition) is 3. The summed E-state index contributed by atoms with van der Waals surface area (Å²) in [6.07, 6.45) is 6.49. The van der Waals surface area contributed by atoms with Crippen molar-refractivity contribution in [1.82, 2.24) is 20.0 Å². The number of urea groups is 1. The first-order valence-corrected chi connectivity index (χ1v) is 9.80. The van der Waals surface area contributed by atoms with Crippen molar-refractivity contribution in [1.29, 1.82) is 0 Å². The van der Waals surface area contributed by atoms with Crippen molar-refractivity contribution < 1.29 is 13.9 Å². The smallest absolute Gasteiger partial charge is 0.317 e. The molecule has 0 spiro atoms. The third kappa shape index (κ3) is 3.98. The van der Waals surface area contributed by atoms with Gasteiger partial charge in [0, 0.05) is 44.4 Å². The molecule has 1 aromatic heterocycles. The summed E-state index contributed by atoms with van der Waals surface area (Å²) in [5.74, 6) is 0.624. The Morgan fingerprint density at radius 3 is 3.00 bits per heavy atom. The average molecular weight is 386 g/mol. The fourth-order valence-electron chi connectivity index (χ4n) is 4.29. The van der Waals surface area contributed by atoms with Crippen LogP contribution >= 0.6 is 0 Å². The molecule has 2 aromatic rings. The highest BCUT2D eigenvalue weighted by Gasteiger charge is 2.36. The van der Waals surface area contributed by atoms with Gasteiger partial charge in [-0.15, -0.1) is 0 Å². The SMILES string of the molecule is Cn1cc(CC2CCN(C(=O)NC3CC(C)(C)Oc4cc(F)ccc43)C2)cn1. The molecule has 7 heteroatoms. The van der Waals surface area contributed by atoms with Crippen LogP contribution < -0.4 is 10.1 Å². The van der Waals surface area contributed by atoms with Crippen LogP contribution in [-0.2, 0) is 13.5 Å². The lowest BCUT2D eigenvalue weighted by molar-refractivity contribution is 0.0663. The number of aryl methyl sites for hydroxylation is 1. The number of aromatic nitrogens is 2. The zero-order valence-corrected chi connectivity index (χ0v) is 16.6. The van der Waals surface area contributed by atoms with Gasteiger partial charge in [0.25, 0.3) is 0 Å². The standard InChI is InChI=1S/C21H27FN4O2/c1-21(2)10-18(17-5-4-16(22)9-19(17)28-21)24-20(27)26-7-6-14(13-26)8-15-11-23-25(3)12-15/h4-5,9,11-12,14,18H,6-8,10,13H2,1-3H3,(H,24,27). The molecule has 0 aliphatic carbocycles. The van der Waals surface area contributed by atoms with Crippen molar-refractivity contribution in [3.05, 3.63) is 47.5 Å². The Morgan fingerprint density at radius 1 is 1.43 bits per heavy atom. The lowest BCUT2D eigenvalue weighted by atomic mass is 9.90. The summed E-state index contributed by atoms with van der Waals surface area (Å²) in [5.41, 5.74) is 1.57. The molecular weight excluding hydrogens is 359 g/mol. The van der Waals surface area contributed by atoms with Crippen LogP contribution in [0.2, 0.25) is 0 Å². The summed E-state index contributed by atoms with van der Waals surface area (Å²) in [7, 11) is 1.91. The van der Waals surface area contributed by atoms with E-state index in [0.717, 1.165) is 31.5 Å². The molecule has 2 unspecified atom stereocenters. The maximum atomic E-state index is 13.6. The molecular formula is C21H27FN4O2. The maximum Gasteiger partial charge on any atom is 0.317 e. The second-order valence-corrected chi connectivity index (χ2v) is 8.58. The Morgan fingerprint density at radius 2 is 2.25 bits per heavy atom. The first-order valence-electron chi connectivity index (χ1n) is 9.80. The van der Waals surface area contributed by atoms with Gasteiger partial charge in [0.2, 0.25) is 0 Å². The fraction of sp³-hybridized carbons (Fsp3) is 0.524. The average Bonchev–Trinajstić information content (AvgIpc) is 3.23. The number of carbonyl (C=O) groups is 1. The van der Waals surface area contributed by atoms with Gasteiger partial charge in [-0.3, -0.25) is 4.68 Å². The molecule has 3 heterocycles. The fourth-order valence-corrected chi connectivity index (χ4v) is 4.29. The second-order valence-electron chi connectivity index (χ2n) is 8.58. The van der Waals surface area contributed by atoms with Gasteiger partial charge in [-0.25, -0.2) is 9.18 Å². The molecule has 0 radical (unpaired) electrons. The van der Waals surface area contributed by atoms with Gasteiger partial charge < -0.3 is 15.0 Å². The van der Waals surface area contributed by atoms with Gasteiger partial charge in [0.05, 0.1) is 12.2 Å². The lowest BCUT2D eigenvalue weighted by Crippen LogP contribution is -2.45. The Kier molecular flexibility index (Phi) is 4.77. The number of rotatable bonds is 3. The molecule has 2 atom stereocenters. The highest BCUT2D eigenvalue weighted by molar-refractivity contribution is 5.75. The van der Waals surface area contributed by atoms with Crippen LogP contribution in [0, 0.1) is 11.7 Å². The zero-order valence-electron chi connectivity index (χ0n) is 16.6. The molecule has 4 rings (SSSR count). The van der Waals surface area contributed by atoms with Gasteiger partial charge in [-0.2, -0.15) is 5.10 Å². The van der Waals surface area contributed by atoms with Crippen LogP contribution in [0.4, 0.5) is 9.18 Å². The van der Waals surface area contributed by atoms with Gasteiger partial charge in [-0.05, 0) is 44.2 Å². The van der Waals surface area contributed by atoms with E-state index >= 15 is 0 Å². The minimum absolute atomic E-state index is 0.0633. The van der Waals surface area contributed by atoms with Gasteiger partial charge in [0.15, 0.2) is 0 Å². The van der Waals surface area contributed by atoms with E-state index in [1.165, 1.54) is 17.7 Å². The quantitative estimate of drug-likeness (QED) is 0.879. The van der Waals surface area contributed by atoms with E-state index in [1.807, 2.05) is 42.9 Å². The summed E-state index contributed by atoms with van der Waals surface area (Å²) in [6.45, 7) is 5.41. The third-order valence-corrected chi connectivity index (χ3v) is 5.59. The number of hydrogen-bond donors (Lipinski definition) is 1. The lowest BCUT2D eigenvalue weighted by Gasteiger charge is -2.38. The molecule has 1 saturated heterocycles. The number of halogens is 1. The first kappa shape index (κ1) is 18.8. The maximum absolute atomic E-state index is 13.6. The van der Waals surface area contributed by atoms with Crippen LogP contribution in [0.25, 0.3) is 0 Å². The molecule has 1 N–H and O–H groups in total. The highest BCUT2D eigenvalue weighted by Crippen LogP contribution is 2.40. The number of nitrogens with one attached hydrogen (secondary N) is 1. The Bertz CT molecular complexity index is 879. The van der Waals surface area contributed by atoms with Crippen molar-refractivity contribution in [3.8, 4) is 5.75 Å². The Balaban J connectivity index is 1.41. The van der Waals surface area contributed by atoms with E-state index in [4.69, 9.17) is 4.74 Å². The van der Waals surface area contributed by atoms with E-state index in [2.05, 4.69) is 10.4 Å². The van der Waals surface area contributed by atoms with Gasteiger partial charge >= 0.3 is 6.03 Å². The van der Waals surface area contributed by atoms with Crippen molar-refractivity contribution in [3.63, 3.8) is 0 Å². The molecule has 1 fully saturated rings. The van der Waals surface area contributed by atoms with Crippen LogP contribution in [0.5, 0.6) is 5.75 Å². The molecule has 2 aliphatic heterocycles. The van der Waals surface area contributed by atoms with Gasteiger partial charge in [0.1, 0.15) is 17.2 Å². The summed E-state index contributed by atoms with van der Waals surface area (Å²) in [6, 6.07) is 4.27. The summed E-state index contributed by atoms with van der Waals surface area (Å²) < 4.78 is 21.3. The van der Waals surface area contributed by atoms with Crippen molar-refractivity contribution >= 4 is 6.03 Å². The second kappa shape index (κ2) is 7.11. The third-order valence-electron chi connectivity index (χ3n) is 5.59. The van der Waals surface area contributed by atoms with Crippen molar-refractivity contribution in [2.45, 2.75) is 44.8 Å². The molecule has 2 amide bonds. The number of fused-ring (bicyclic) bond motifs is 1. The zero-order chi connectivity index (χ0) is 19.9. The monoisotopic (exact) mass is 386 g/mol. The van der Waals surface area contributed by atoms with Crippen LogP contribution in [-0.4, -0.2) is 39.4 Å². The number of nitrogens with zero attached hydrogens (tertiary/aromatic N) is 3. The summed E-state index contributed by atoms with van der Waals surface area (Å²) in [5, 5.41) is 7.37. The van der Waals surface area contributed by atoms with Gasteiger partial charge in [-0.1, -0.05) is 6.07 Å². The van der Waals surface area contributed by atoms with E-state index in [0.29, 0.717) is 18.1 Å². The number of carbonyl (C=O) groups excluding carboxylic acids is 1. The molecule has 0 bridgehead atoms. The minimum Gasteiger partial charge on any atom is -0.487 e. The predicted octanol–water partition coefficient (Wildman–Crippen LogP) is 3.44. The van der Waals surface area contributed by atoms with Crippen molar-refractivity contribution in [2.75, 3.05) is 13.1 Å². The van der Waals surface area contributed by atoms with E-state index in [9.17, 15) is 9.18 Å². The largest absolute Gasteiger partial charge is 0.487 e. The number of benzene rings is 1. The van der Waals surface area contributed by atoms with Crippen LogP contribution in [0.1, 0.15) is 43.9 Å². The Hall–Kier alpha value is -2.57. The van der Waals surface area contributed by atoms with Crippen molar-refractivity contribution in [2.24, 2.45) is 13.0 Å². The first-order chi connectivity index (χ1) is 13.3. The van der Waals surface area contributed by atoms with E-state index < -0.39 is 5.60 Å². The molecule has 1 aromatic carbocycles. The molecule has 150 valence electrons. The molecule has 0 saturated carbocycles. The van der Waals surface area contributed by atoms with E-state index in [-0.39, 0.29) is 17.9 Å². The Labute approximate surface area is 164 Å². The highest BCUT2D eigenvalue weighted by atomic mass is 19.1. The minimum atomic E-state index is -0.466. The summed E-state index contributed by atoms with van der Waals surface area (Å²) >= 11 is 0. The van der Waals surface area contributed by atoms with Crippen LogP contribution in [0.3, 0.4) is 0 Å².